The summed E-state index contributed by atoms with van der Waals surface area (Å²) in [6, 6.07) is 6.12. The van der Waals surface area contributed by atoms with Crippen LogP contribution >= 0.6 is 0 Å². The molecular weight excluding hydrogens is 244 g/mol. The summed E-state index contributed by atoms with van der Waals surface area (Å²) in [5.41, 5.74) is 2.26. The van der Waals surface area contributed by atoms with E-state index >= 15 is 0 Å². The summed E-state index contributed by atoms with van der Waals surface area (Å²) in [4.78, 5) is 0. The first-order chi connectivity index (χ1) is 9.11. The molecule has 0 radical (unpaired) electrons. The monoisotopic (exact) mass is 266 g/mol. The van der Waals surface area contributed by atoms with E-state index in [0.29, 0.717) is 19.6 Å². The molecule has 4 nitrogen and oxygen atoms in total. The molecule has 1 aromatic rings. The van der Waals surface area contributed by atoms with Gasteiger partial charge in [0.1, 0.15) is 18.0 Å². The molecule has 4 heteroatoms. The molecule has 2 rings (SSSR count). The van der Waals surface area contributed by atoms with Crippen molar-refractivity contribution in [1.29, 1.82) is 0 Å². The summed E-state index contributed by atoms with van der Waals surface area (Å²) in [6.45, 7) is 5.06. The highest BCUT2D eigenvalue weighted by atomic mass is 16.6. The molecule has 1 aliphatic rings. The van der Waals surface area contributed by atoms with Gasteiger partial charge in [0, 0.05) is 13.5 Å². The smallest absolute Gasteiger partial charge is 0.130 e. The lowest BCUT2D eigenvalue weighted by Gasteiger charge is -2.41. The maximum Gasteiger partial charge on any atom is 0.130 e. The van der Waals surface area contributed by atoms with Gasteiger partial charge in [-0.15, -0.1) is 0 Å². The van der Waals surface area contributed by atoms with Crippen molar-refractivity contribution in [2.75, 3.05) is 20.3 Å². The molecule has 0 amide bonds. The van der Waals surface area contributed by atoms with Crippen molar-refractivity contribution in [2.24, 2.45) is 0 Å². The third-order valence-corrected chi connectivity index (χ3v) is 3.44. The molecule has 1 N–H and O–H groups in total. The fourth-order valence-electron chi connectivity index (χ4n) is 2.16. The Hall–Kier alpha value is -1.10. The van der Waals surface area contributed by atoms with E-state index in [2.05, 4.69) is 6.07 Å². The minimum absolute atomic E-state index is 0.0765. The Morgan fingerprint density at radius 3 is 2.74 bits per heavy atom. The van der Waals surface area contributed by atoms with Crippen molar-refractivity contribution >= 4 is 0 Å². The van der Waals surface area contributed by atoms with Gasteiger partial charge in [0.2, 0.25) is 0 Å². The molecule has 0 heterocycles. The molecule has 106 valence electrons. The molecule has 0 aromatic heterocycles. The van der Waals surface area contributed by atoms with Gasteiger partial charge in [-0.2, -0.15) is 0 Å². The van der Waals surface area contributed by atoms with Crippen molar-refractivity contribution in [2.45, 2.75) is 38.6 Å². The van der Waals surface area contributed by atoms with Gasteiger partial charge in [-0.05, 0) is 31.0 Å². The molecule has 3 atom stereocenters. The third kappa shape index (κ3) is 3.47. The van der Waals surface area contributed by atoms with Crippen LogP contribution in [0.25, 0.3) is 0 Å². The molecule has 1 saturated carbocycles. The van der Waals surface area contributed by atoms with Crippen LogP contribution in [-0.2, 0) is 9.47 Å². The molecule has 0 spiro atoms. The zero-order valence-electron chi connectivity index (χ0n) is 11.8. The SMILES string of the molecule is COCCOC1C(O)CC1Oc1cc(C)ccc1C. The summed E-state index contributed by atoms with van der Waals surface area (Å²) in [6.07, 6.45) is -0.153. The van der Waals surface area contributed by atoms with Crippen molar-refractivity contribution < 1.29 is 19.3 Å². The molecule has 0 aliphatic heterocycles. The Morgan fingerprint density at radius 2 is 2.05 bits per heavy atom. The molecule has 1 fully saturated rings. The van der Waals surface area contributed by atoms with E-state index in [9.17, 15) is 5.11 Å². The minimum Gasteiger partial charge on any atom is -0.487 e. The fraction of sp³-hybridized carbons (Fsp3) is 0.600. The normalized spacial score (nSPS) is 26.0. The standard InChI is InChI=1S/C15H22O4/c1-10-4-5-11(2)13(8-10)19-14-9-12(16)15(14)18-7-6-17-3/h4-5,8,12,14-16H,6-7,9H2,1-3H3. The molecule has 0 saturated heterocycles. The van der Waals surface area contributed by atoms with E-state index in [4.69, 9.17) is 14.2 Å². The number of aryl methyl sites for hydroxylation is 2. The molecule has 3 unspecified atom stereocenters. The van der Waals surface area contributed by atoms with E-state index in [1.165, 1.54) is 0 Å². The quantitative estimate of drug-likeness (QED) is 0.798. The Labute approximate surface area is 114 Å². The number of aliphatic hydroxyl groups is 1. The van der Waals surface area contributed by atoms with E-state index < -0.39 is 6.10 Å². The first kappa shape index (κ1) is 14.3. The van der Waals surface area contributed by atoms with Crippen LogP contribution in [0, 0.1) is 13.8 Å². The molecule has 1 aliphatic carbocycles. The van der Waals surface area contributed by atoms with Gasteiger partial charge >= 0.3 is 0 Å². The first-order valence-electron chi connectivity index (χ1n) is 6.64. The summed E-state index contributed by atoms with van der Waals surface area (Å²) >= 11 is 0. The van der Waals surface area contributed by atoms with E-state index in [-0.39, 0.29) is 12.2 Å². The summed E-state index contributed by atoms with van der Waals surface area (Å²) < 4.78 is 16.5. The van der Waals surface area contributed by atoms with Gasteiger partial charge in [0.05, 0.1) is 19.3 Å². The lowest BCUT2D eigenvalue weighted by Crippen LogP contribution is -2.55. The predicted molar refractivity (Wildman–Crippen MR) is 72.6 cm³/mol. The second-order valence-electron chi connectivity index (χ2n) is 5.06. The average molecular weight is 266 g/mol. The molecule has 19 heavy (non-hydrogen) atoms. The zero-order valence-corrected chi connectivity index (χ0v) is 11.8. The summed E-state index contributed by atoms with van der Waals surface area (Å²) in [7, 11) is 1.63. The van der Waals surface area contributed by atoms with Gasteiger partial charge in [-0.1, -0.05) is 12.1 Å². The van der Waals surface area contributed by atoms with Crippen LogP contribution in [0.15, 0.2) is 18.2 Å². The van der Waals surface area contributed by atoms with Gasteiger partial charge in [0.15, 0.2) is 0 Å². The molecule has 0 bridgehead atoms. The highest BCUT2D eigenvalue weighted by Crippen LogP contribution is 2.31. The van der Waals surface area contributed by atoms with Crippen LogP contribution in [0.1, 0.15) is 17.5 Å². The second kappa shape index (κ2) is 6.37. The summed E-state index contributed by atoms with van der Waals surface area (Å²) in [5.74, 6) is 0.872. The maximum atomic E-state index is 9.73. The van der Waals surface area contributed by atoms with Crippen LogP contribution in [0.3, 0.4) is 0 Å². The van der Waals surface area contributed by atoms with Crippen molar-refractivity contribution in [3.05, 3.63) is 29.3 Å². The van der Waals surface area contributed by atoms with Crippen LogP contribution in [-0.4, -0.2) is 43.7 Å². The molecule has 1 aromatic carbocycles. The Balaban J connectivity index is 1.93. The predicted octanol–water partition coefficient (Wildman–Crippen LogP) is 1.85. The molecular formula is C15H22O4. The number of methoxy groups -OCH3 is 1. The number of rotatable bonds is 6. The van der Waals surface area contributed by atoms with Gasteiger partial charge in [0.25, 0.3) is 0 Å². The van der Waals surface area contributed by atoms with E-state index in [1.807, 2.05) is 26.0 Å². The van der Waals surface area contributed by atoms with E-state index in [0.717, 1.165) is 16.9 Å². The maximum absolute atomic E-state index is 9.73. The Kier molecular flexibility index (Phi) is 4.80. The number of ether oxygens (including phenoxy) is 3. The van der Waals surface area contributed by atoms with Crippen LogP contribution in [0.5, 0.6) is 5.75 Å². The summed E-state index contributed by atoms with van der Waals surface area (Å²) in [5, 5.41) is 9.73. The number of benzene rings is 1. The lowest BCUT2D eigenvalue weighted by molar-refractivity contribution is -0.167. The van der Waals surface area contributed by atoms with Gasteiger partial charge in [-0.25, -0.2) is 0 Å². The minimum atomic E-state index is -0.438. The number of aliphatic hydroxyl groups excluding tert-OH is 1. The number of hydrogen-bond acceptors (Lipinski definition) is 4. The fourth-order valence-corrected chi connectivity index (χ4v) is 2.16. The third-order valence-electron chi connectivity index (χ3n) is 3.44. The zero-order chi connectivity index (χ0) is 13.8. The van der Waals surface area contributed by atoms with Crippen molar-refractivity contribution in [3.63, 3.8) is 0 Å². The first-order valence-corrected chi connectivity index (χ1v) is 6.64. The number of hydrogen-bond donors (Lipinski definition) is 1. The highest BCUT2D eigenvalue weighted by Gasteiger charge is 2.43. The van der Waals surface area contributed by atoms with Crippen molar-refractivity contribution in [1.82, 2.24) is 0 Å². The van der Waals surface area contributed by atoms with Crippen molar-refractivity contribution in [3.8, 4) is 5.75 Å². The highest BCUT2D eigenvalue weighted by molar-refractivity contribution is 5.36. The van der Waals surface area contributed by atoms with Crippen LogP contribution < -0.4 is 4.74 Å². The average Bonchev–Trinajstić information content (AvgIpc) is 2.38. The topological polar surface area (TPSA) is 47.9 Å². The Morgan fingerprint density at radius 1 is 1.26 bits per heavy atom. The largest absolute Gasteiger partial charge is 0.487 e. The van der Waals surface area contributed by atoms with Gasteiger partial charge in [-0.3, -0.25) is 0 Å². The second-order valence-corrected chi connectivity index (χ2v) is 5.06. The lowest BCUT2D eigenvalue weighted by atomic mass is 9.88. The van der Waals surface area contributed by atoms with E-state index in [1.54, 1.807) is 7.11 Å². The van der Waals surface area contributed by atoms with Gasteiger partial charge < -0.3 is 19.3 Å². The Bertz CT molecular complexity index is 419. The van der Waals surface area contributed by atoms with Crippen LogP contribution in [0.4, 0.5) is 0 Å². The van der Waals surface area contributed by atoms with Crippen LogP contribution in [0.2, 0.25) is 0 Å².